The molecule has 1 heterocycles. The molecular formula is C13H11BrOS. The minimum absolute atomic E-state index is 0.0880. The van der Waals surface area contributed by atoms with Gasteiger partial charge in [-0.25, -0.2) is 0 Å². The number of ketones is 1. The quantitative estimate of drug-likeness (QED) is 0.752. The van der Waals surface area contributed by atoms with Gasteiger partial charge in [0.1, 0.15) is 0 Å². The van der Waals surface area contributed by atoms with Gasteiger partial charge < -0.3 is 0 Å². The van der Waals surface area contributed by atoms with E-state index in [0.29, 0.717) is 0 Å². The summed E-state index contributed by atoms with van der Waals surface area (Å²) >= 11 is 5.04. The van der Waals surface area contributed by atoms with E-state index in [2.05, 4.69) is 15.9 Å². The fourth-order valence-corrected chi connectivity index (χ4v) is 2.53. The van der Waals surface area contributed by atoms with Gasteiger partial charge in [-0.3, -0.25) is 4.79 Å². The Morgan fingerprint density at radius 2 is 1.94 bits per heavy atom. The maximum atomic E-state index is 12.1. The summed E-state index contributed by atoms with van der Waals surface area (Å²) in [7, 11) is 0. The molecule has 0 saturated heterocycles. The molecule has 16 heavy (non-hydrogen) atoms. The molecule has 0 unspecified atom stereocenters. The van der Waals surface area contributed by atoms with Crippen LogP contribution in [0.3, 0.4) is 0 Å². The Balaban J connectivity index is 2.38. The summed E-state index contributed by atoms with van der Waals surface area (Å²) in [5.41, 5.74) is 2.64. The smallest absolute Gasteiger partial charge is 0.193 e. The molecule has 82 valence electrons. The first kappa shape index (κ1) is 11.6. The van der Waals surface area contributed by atoms with Crippen LogP contribution in [0.5, 0.6) is 0 Å². The molecule has 0 radical (unpaired) electrons. The number of thiophene rings is 1. The number of carbonyl (C=O) groups excluding carboxylic acids is 1. The Kier molecular flexibility index (Phi) is 3.26. The van der Waals surface area contributed by atoms with Crippen LogP contribution in [0.1, 0.15) is 26.4 Å². The lowest BCUT2D eigenvalue weighted by molar-refractivity contribution is 0.103. The molecule has 2 aromatic rings. The molecule has 1 aromatic carbocycles. The second-order valence-electron chi connectivity index (χ2n) is 3.74. The van der Waals surface area contributed by atoms with Crippen molar-refractivity contribution in [3.8, 4) is 0 Å². The van der Waals surface area contributed by atoms with Gasteiger partial charge in [-0.2, -0.15) is 0 Å². The van der Waals surface area contributed by atoms with E-state index in [9.17, 15) is 4.79 Å². The lowest BCUT2D eigenvalue weighted by Crippen LogP contribution is -1.99. The number of rotatable bonds is 2. The average molecular weight is 295 g/mol. The molecule has 1 aromatic heterocycles. The highest BCUT2D eigenvalue weighted by molar-refractivity contribution is 9.10. The van der Waals surface area contributed by atoms with Crippen LogP contribution in [0.25, 0.3) is 0 Å². The van der Waals surface area contributed by atoms with Gasteiger partial charge in [-0.15, -0.1) is 11.3 Å². The Morgan fingerprint density at radius 1 is 1.19 bits per heavy atom. The fraction of sp³-hybridized carbons (Fsp3) is 0.154. The predicted molar refractivity (Wildman–Crippen MR) is 71.4 cm³/mol. The molecule has 3 heteroatoms. The highest BCUT2D eigenvalue weighted by atomic mass is 79.9. The molecule has 0 N–H and O–H groups in total. The van der Waals surface area contributed by atoms with E-state index in [1.54, 1.807) is 11.3 Å². The van der Waals surface area contributed by atoms with Crippen molar-refractivity contribution in [2.45, 2.75) is 13.8 Å². The Labute approximate surface area is 107 Å². The van der Waals surface area contributed by atoms with Crippen molar-refractivity contribution >= 4 is 33.0 Å². The average Bonchev–Trinajstić information content (AvgIpc) is 2.68. The van der Waals surface area contributed by atoms with Crippen LogP contribution in [0.2, 0.25) is 0 Å². The molecule has 0 fully saturated rings. The summed E-state index contributed by atoms with van der Waals surface area (Å²) < 4.78 is 0.977. The zero-order valence-corrected chi connectivity index (χ0v) is 11.5. The van der Waals surface area contributed by atoms with Gasteiger partial charge in [-0.1, -0.05) is 28.1 Å². The van der Waals surface area contributed by atoms with Crippen molar-refractivity contribution in [1.29, 1.82) is 0 Å². The van der Waals surface area contributed by atoms with Crippen LogP contribution in [0, 0.1) is 13.8 Å². The van der Waals surface area contributed by atoms with Crippen LogP contribution < -0.4 is 0 Å². The lowest BCUT2D eigenvalue weighted by atomic mass is 10.0. The molecule has 0 aliphatic rings. The van der Waals surface area contributed by atoms with Gasteiger partial charge in [0.25, 0.3) is 0 Å². The van der Waals surface area contributed by atoms with Gasteiger partial charge in [0.15, 0.2) is 5.78 Å². The van der Waals surface area contributed by atoms with Gasteiger partial charge in [-0.05, 0) is 31.5 Å². The second-order valence-corrected chi connectivity index (χ2v) is 5.71. The van der Waals surface area contributed by atoms with Crippen LogP contribution in [-0.2, 0) is 0 Å². The van der Waals surface area contributed by atoms with Crippen LogP contribution in [-0.4, -0.2) is 5.78 Å². The van der Waals surface area contributed by atoms with E-state index in [1.165, 1.54) is 0 Å². The first-order valence-electron chi connectivity index (χ1n) is 4.94. The summed E-state index contributed by atoms with van der Waals surface area (Å²) in [6, 6.07) is 7.64. The number of hydrogen-bond acceptors (Lipinski definition) is 2. The van der Waals surface area contributed by atoms with Crippen molar-refractivity contribution in [2.75, 3.05) is 0 Å². The molecule has 0 saturated carbocycles. The monoisotopic (exact) mass is 294 g/mol. The van der Waals surface area contributed by atoms with Crippen LogP contribution >= 0.6 is 27.3 Å². The largest absolute Gasteiger partial charge is 0.289 e. The van der Waals surface area contributed by atoms with E-state index in [-0.39, 0.29) is 5.78 Å². The molecule has 0 aliphatic carbocycles. The number of carbonyl (C=O) groups is 1. The highest BCUT2D eigenvalue weighted by Gasteiger charge is 2.11. The van der Waals surface area contributed by atoms with E-state index >= 15 is 0 Å². The standard InChI is InChI=1S/C13H11BrOS/c1-8-3-4-10(6-12(8)14)13(15)11-5-9(2)16-7-11/h3-7H,1-2H3. The highest BCUT2D eigenvalue weighted by Crippen LogP contribution is 2.21. The summed E-state index contributed by atoms with van der Waals surface area (Å²) in [4.78, 5) is 13.3. The number of benzene rings is 1. The third kappa shape index (κ3) is 2.25. The van der Waals surface area contributed by atoms with Crippen molar-refractivity contribution in [2.24, 2.45) is 0 Å². The number of hydrogen-bond donors (Lipinski definition) is 0. The summed E-state index contributed by atoms with van der Waals surface area (Å²) in [5, 5.41) is 1.91. The third-order valence-electron chi connectivity index (χ3n) is 2.43. The molecule has 0 spiro atoms. The van der Waals surface area contributed by atoms with E-state index in [0.717, 1.165) is 26.0 Å². The second kappa shape index (κ2) is 4.52. The molecule has 0 amide bonds. The number of aryl methyl sites for hydroxylation is 2. The summed E-state index contributed by atoms with van der Waals surface area (Å²) in [6.45, 7) is 4.01. The third-order valence-corrected chi connectivity index (χ3v) is 4.14. The van der Waals surface area contributed by atoms with Crippen molar-refractivity contribution in [3.63, 3.8) is 0 Å². The molecule has 1 nitrogen and oxygen atoms in total. The van der Waals surface area contributed by atoms with Crippen molar-refractivity contribution in [1.82, 2.24) is 0 Å². The Morgan fingerprint density at radius 3 is 2.50 bits per heavy atom. The van der Waals surface area contributed by atoms with Gasteiger partial charge >= 0.3 is 0 Å². The number of halogens is 1. The Bertz CT molecular complexity index is 543. The van der Waals surface area contributed by atoms with Crippen molar-refractivity contribution < 1.29 is 4.79 Å². The zero-order valence-electron chi connectivity index (χ0n) is 9.08. The lowest BCUT2D eigenvalue weighted by Gasteiger charge is -2.02. The molecule has 0 bridgehead atoms. The molecule has 2 rings (SSSR count). The van der Waals surface area contributed by atoms with Gasteiger partial charge in [0, 0.05) is 25.9 Å². The van der Waals surface area contributed by atoms with E-state index in [4.69, 9.17) is 0 Å². The first-order valence-corrected chi connectivity index (χ1v) is 6.61. The molecule has 0 atom stereocenters. The molecule has 0 aliphatic heterocycles. The SMILES string of the molecule is Cc1cc(C(=O)c2ccc(C)c(Br)c2)cs1. The predicted octanol–water partition coefficient (Wildman–Crippen LogP) is 4.36. The minimum Gasteiger partial charge on any atom is -0.289 e. The van der Waals surface area contributed by atoms with E-state index < -0.39 is 0 Å². The summed E-state index contributed by atoms with van der Waals surface area (Å²) in [6.07, 6.45) is 0. The van der Waals surface area contributed by atoms with Gasteiger partial charge in [0.05, 0.1) is 0 Å². The van der Waals surface area contributed by atoms with E-state index in [1.807, 2.05) is 43.5 Å². The van der Waals surface area contributed by atoms with Gasteiger partial charge in [0.2, 0.25) is 0 Å². The minimum atomic E-state index is 0.0880. The summed E-state index contributed by atoms with van der Waals surface area (Å²) in [5.74, 6) is 0.0880. The van der Waals surface area contributed by atoms with Crippen molar-refractivity contribution in [3.05, 3.63) is 55.7 Å². The normalized spacial score (nSPS) is 10.4. The molecular weight excluding hydrogens is 284 g/mol. The maximum Gasteiger partial charge on any atom is 0.193 e. The van der Waals surface area contributed by atoms with Crippen LogP contribution in [0.4, 0.5) is 0 Å². The first-order chi connectivity index (χ1) is 7.58. The maximum absolute atomic E-state index is 12.1. The fourth-order valence-electron chi connectivity index (χ4n) is 1.46. The Hall–Kier alpha value is -0.930. The van der Waals surface area contributed by atoms with Crippen LogP contribution in [0.15, 0.2) is 34.1 Å². The topological polar surface area (TPSA) is 17.1 Å². The zero-order chi connectivity index (χ0) is 11.7.